The first kappa shape index (κ1) is 18.7. The van der Waals surface area contributed by atoms with E-state index in [2.05, 4.69) is 52.3 Å². The van der Waals surface area contributed by atoms with E-state index in [-0.39, 0.29) is 0 Å². The SMILES string of the molecule is CCOc1cc(-c2nc(-c3ccc(CN4CCCC4)cc3)no2)ccc1CC. The molecule has 1 aliphatic heterocycles. The van der Waals surface area contributed by atoms with Crippen LogP contribution in [0, 0.1) is 0 Å². The highest BCUT2D eigenvalue weighted by atomic mass is 16.5. The van der Waals surface area contributed by atoms with Crippen molar-refractivity contribution in [1.82, 2.24) is 15.0 Å². The van der Waals surface area contributed by atoms with Crippen molar-refractivity contribution in [1.29, 1.82) is 0 Å². The second kappa shape index (κ2) is 8.57. The molecule has 1 fully saturated rings. The number of aromatic nitrogens is 2. The summed E-state index contributed by atoms with van der Waals surface area (Å²) < 4.78 is 11.3. The van der Waals surface area contributed by atoms with Gasteiger partial charge in [0.1, 0.15) is 5.75 Å². The van der Waals surface area contributed by atoms with Gasteiger partial charge in [-0.05, 0) is 62.5 Å². The molecule has 1 aliphatic rings. The number of aryl methyl sites for hydroxylation is 1. The van der Waals surface area contributed by atoms with Crippen molar-refractivity contribution in [3.8, 4) is 28.6 Å². The van der Waals surface area contributed by atoms with Gasteiger partial charge < -0.3 is 9.26 Å². The number of hydrogen-bond donors (Lipinski definition) is 0. The second-order valence-electron chi connectivity index (χ2n) is 7.21. The maximum atomic E-state index is 5.76. The molecule has 5 nitrogen and oxygen atoms in total. The lowest BCUT2D eigenvalue weighted by atomic mass is 10.1. The first-order chi connectivity index (χ1) is 13.8. The number of hydrogen-bond acceptors (Lipinski definition) is 5. The van der Waals surface area contributed by atoms with Crippen molar-refractivity contribution >= 4 is 0 Å². The number of nitrogens with zero attached hydrogens (tertiary/aromatic N) is 3. The fraction of sp³-hybridized carbons (Fsp3) is 0.391. The van der Waals surface area contributed by atoms with Crippen LogP contribution in [0.15, 0.2) is 47.0 Å². The van der Waals surface area contributed by atoms with Crippen LogP contribution in [-0.4, -0.2) is 34.7 Å². The van der Waals surface area contributed by atoms with Crippen LogP contribution in [0.1, 0.15) is 37.8 Å². The molecule has 0 N–H and O–H groups in total. The Labute approximate surface area is 166 Å². The van der Waals surface area contributed by atoms with Crippen LogP contribution < -0.4 is 4.74 Å². The average molecular weight is 377 g/mol. The summed E-state index contributed by atoms with van der Waals surface area (Å²) in [6.07, 6.45) is 3.55. The van der Waals surface area contributed by atoms with Gasteiger partial charge in [-0.1, -0.05) is 42.4 Å². The van der Waals surface area contributed by atoms with Crippen LogP contribution >= 0.6 is 0 Å². The Balaban J connectivity index is 1.51. The molecule has 3 aromatic rings. The van der Waals surface area contributed by atoms with Gasteiger partial charge in [-0.25, -0.2) is 0 Å². The Hall–Kier alpha value is -2.66. The lowest BCUT2D eigenvalue weighted by Gasteiger charge is -2.14. The molecule has 0 bridgehead atoms. The Kier molecular flexibility index (Phi) is 5.72. The van der Waals surface area contributed by atoms with Crippen molar-refractivity contribution < 1.29 is 9.26 Å². The second-order valence-corrected chi connectivity index (χ2v) is 7.21. The largest absolute Gasteiger partial charge is 0.494 e. The topological polar surface area (TPSA) is 51.4 Å². The van der Waals surface area contributed by atoms with E-state index >= 15 is 0 Å². The summed E-state index contributed by atoms with van der Waals surface area (Å²) >= 11 is 0. The lowest BCUT2D eigenvalue weighted by Crippen LogP contribution is -2.18. The number of benzene rings is 2. The molecule has 146 valence electrons. The maximum Gasteiger partial charge on any atom is 0.258 e. The predicted octanol–water partition coefficient (Wildman–Crippen LogP) is 4.96. The van der Waals surface area contributed by atoms with Crippen LogP contribution in [0.3, 0.4) is 0 Å². The molecule has 0 saturated carbocycles. The molecule has 2 heterocycles. The summed E-state index contributed by atoms with van der Waals surface area (Å²) in [5.41, 5.74) is 4.35. The molecule has 0 radical (unpaired) electrons. The van der Waals surface area contributed by atoms with Crippen LogP contribution in [0.4, 0.5) is 0 Å². The van der Waals surface area contributed by atoms with E-state index in [0.717, 1.165) is 29.8 Å². The minimum atomic E-state index is 0.514. The zero-order valence-electron chi connectivity index (χ0n) is 16.6. The summed E-state index contributed by atoms with van der Waals surface area (Å²) in [7, 11) is 0. The molecule has 28 heavy (non-hydrogen) atoms. The third kappa shape index (κ3) is 4.09. The van der Waals surface area contributed by atoms with Crippen molar-refractivity contribution in [2.24, 2.45) is 0 Å². The van der Waals surface area contributed by atoms with E-state index < -0.39 is 0 Å². The van der Waals surface area contributed by atoms with Crippen LogP contribution in [0.5, 0.6) is 5.75 Å². The Bertz CT molecular complexity index is 912. The highest BCUT2D eigenvalue weighted by Crippen LogP contribution is 2.28. The van der Waals surface area contributed by atoms with Gasteiger partial charge in [0, 0.05) is 17.7 Å². The van der Waals surface area contributed by atoms with Crippen molar-refractivity contribution in [3.63, 3.8) is 0 Å². The summed E-state index contributed by atoms with van der Waals surface area (Å²) in [5.74, 6) is 2.01. The highest BCUT2D eigenvalue weighted by Gasteiger charge is 2.14. The van der Waals surface area contributed by atoms with Crippen LogP contribution in [0.2, 0.25) is 0 Å². The molecule has 1 saturated heterocycles. The third-order valence-electron chi connectivity index (χ3n) is 5.24. The molecule has 0 spiro atoms. The normalized spacial score (nSPS) is 14.5. The Morgan fingerprint density at radius 2 is 1.75 bits per heavy atom. The van der Waals surface area contributed by atoms with Gasteiger partial charge in [-0.15, -0.1) is 0 Å². The van der Waals surface area contributed by atoms with E-state index in [1.807, 2.05) is 19.1 Å². The molecule has 5 heteroatoms. The van der Waals surface area contributed by atoms with Gasteiger partial charge >= 0.3 is 0 Å². The number of ether oxygens (including phenoxy) is 1. The molecular formula is C23H27N3O2. The molecule has 0 aliphatic carbocycles. The lowest BCUT2D eigenvalue weighted by molar-refractivity contribution is 0.331. The van der Waals surface area contributed by atoms with Crippen molar-refractivity contribution in [3.05, 3.63) is 53.6 Å². The van der Waals surface area contributed by atoms with E-state index in [1.54, 1.807) is 0 Å². The number of likely N-dealkylation sites (tertiary alicyclic amines) is 1. The third-order valence-corrected chi connectivity index (χ3v) is 5.24. The van der Waals surface area contributed by atoms with Crippen LogP contribution in [0.25, 0.3) is 22.8 Å². The van der Waals surface area contributed by atoms with Crippen molar-refractivity contribution in [2.45, 2.75) is 39.7 Å². The molecule has 2 aromatic carbocycles. The van der Waals surface area contributed by atoms with Gasteiger partial charge in [0.15, 0.2) is 0 Å². The Morgan fingerprint density at radius 3 is 2.46 bits per heavy atom. The van der Waals surface area contributed by atoms with Gasteiger partial charge in [0.25, 0.3) is 5.89 Å². The first-order valence-electron chi connectivity index (χ1n) is 10.2. The zero-order valence-corrected chi connectivity index (χ0v) is 16.6. The fourth-order valence-corrected chi connectivity index (χ4v) is 3.69. The zero-order chi connectivity index (χ0) is 19.3. The van der Waals surface area contributed by atoms with Gasteiger partial charge in [0.05, 0.1) is 6.61 Å². The van der Waals surface area contributed by atoms with Gasteiger partial charge in [-0.2, -0.15) is 4.98 Å². The summed E-state index contributed by atoms with van der Waals surface area (Å²) in [4.78, 5) is 7.09. The minimum Gasteiger partial charge on any atom is -0.494 e. The van der Waals surface area contributed by atoms with E-state index in [4.69, 9.17) is 9.26 Å². The maximum absolute atomic E-state index is 5.76. The molecule has 1 aromatic heterocycles. The standard InChI is InChI=1S/C23H27N3O2/c1-3-18-11-12-20(15-21(18)27-4-2)23-24-22(25-28-23)19-9-7-17(8-10-19)16-26-13-5-6-14-26/h7-12,15H,3-6,13-14,16H2,1-2H3. The number of rotatable bonds is 7. The minimum absolute atomic E-state index is 0.514. The highest BCUT2D eigenvalue weighted by molar-refractivity contribution is 5.62. The first-order valence-corrected chi connectivity index (χ1v) is 10.2. The summed E-state index contributed by atoms with van der Waals surface area (Å²) in [5, 5.41) is 4.18. The summed E-state index contributed by atoms with van der Waals surface area (Å²) in [6, 6.07) is 14.5. The van der Waals surface area contributed by atoms with E-state index in [1.165, 1.54) is 37.1 Å². The summed E-state index contributed by atoms with van der Waals surface area (Å²) in [6.45, 7) is 8.17. The molecule has 0 amide bonds. The van der Waals surface area contributed by atoms with Crippen LogP contribution in [-0.2, 0) is 13.0 Å². The molecule has 0 atom stereocenters. The quantitative estimate of drug-likeness (QED) is 0.582. The fourth-order valence-electron chi connectivity index (χ4n) is 3.69. The van der Waals surface area contributed by atoms with Crippen molar-refractivity contribution in [2.75, 3.05) is 19.7 Å². The van der Waals surface area contributed by atoms with Gasteiger partial charge in [-0.3, -0.25) is 4.90 Å². The molecular weight excluding hydrogens is 350 g/mol. The smallest absolute Gasteiger partial charge is 0.258 e. The van der Waals surface area contributed by atoms with Gasteiger partial charge in [0.2, 0.25) is 5.82 Å². The predicted molar refractivity (Wildman–Crippen MR) is 110 cm³/mol. The van der Waals surface area contributed by atoms with E-state index in [9.17, 15) is 0 Å². The molecule has 4 rings (SSSR count). The van der Waals surface area contributed by atoms with E-state index in [0.29, 0.717) is 18.3 Å². The molecule has 0 unspecified atom stereocenters. The average Bonchev–Trinajstić information content (AvgIpc) is 3.41. The Morgan fingerprint density at radius 1 is 1.00 bits per heavy atom. The monoisotopic (exact) mass is 377 g/mol.